The Morgan fingerprint density at radius 1 is 1.03 bits per heavy atom. The Morgan fingerprint density at radius 3 is 2.59 bits per heavy atom. The Morgan fingerprint density at radius 2 is 1.83 bits per heavy atom. The molecular formula is C23H21ClN2O3. The SMILES string of the molecule is O=C(Nc1ccc(Cl)cc1)C1CCCN(C(=O)c2ccccc2-c2ccco2)C1. The number of nitrogens with one attached hydrogen (secondary N) is 1. The molecule has 3 aromatic rings. The van der Waals surface area contributed by atoms with Crippen molar-refractivity contribution in [3.05, 3.63) is 77.5 Å². The lowest BCUT2D eigenvalue weighted by atomic mass is 9.95. The highest BCUT2D eigenvalue weighted by Crippen LogP contribution is 2.27. The number of amides is 2. The van der Waals surface area contributed by atoms with Crippen LogP contribution < -0.4 is 5.32 Å². The number of nitrogens with zero attached hydrogens (tertiary/aromatic N) is 1. The van der Waals surface area contributed by atoms with Gasteiger partial charge in [-0.1, -0.05) is 29.8 Å². The number of hydrogen-bond donors (Lipinski definition) is 1. The third kappa shape index (κ3) is 4.35. The summed E-state index contributed by atoms with van der Waals surface area (Å²) in [6.45, 7) is 1.03. The van der Waals surface area contributed by atoms with Gasteiger partial charge in [0.05, 0.1) is 17.7 Å². The number of benzene rings is 2. The van der Waals surface area contributed by atoms with Crippen LogP contribution in [0.1, 0.15) is 23.2 Å². The fourth-order valence-corrected chi connectivity index (χ4v) is 3.77. The Balaban J connectivity index is 1.48. The normalized spacial score (nSPS) is 16.4. The summed E-state index contributed by atoms with van der Waals surface area (Å²) in [5, 5.41) is 3.54. The first-order valence-electron chi connectivity index (χ1n) is 9.60. The predicted octanol–water partition coefficient (Wildman–Crippen LogP) is 5.09. The van der Waals surface area contributed by atoms with Crippen LogP contribution in [-0.2, 0) is 4.79 Å². The molecule has 1 N–H and O–H groups in total. The number of halogens is 1. The summed E-state index contributed by atoms with van der Waals surface area (Å²) in [5.41, 5.74) is 2.04. The van der Waals surface area contributed by atoms with E-state index in [9.17, 15) is 9.59 Å². The van der Waals surface area contributed by atoms with Crippen molar-refractivity contribution >= 4 is 29.1 Å². The third-order valence-electron chi connectivity index (χ3n) is 5.14. The molecule has 1 saturated heterocycles. The van der Waals surface area contributed by atoms with E-state index in [1.165, 1.54) is 0 Å². The van der Waals surface area contributed by atoms with Crippen LogP contribution in [0.5, 0.6) is 0 Å². The minimum Gasteiger partial charge on any atom is -0.464 e. The molecule has 1 aromatic heterocycles. The van der Waals surface area contributed by atoms with Crippen LogP contribution in [0.25, 0.3) is 11.3 Å². The van der Waals surface area contributed by atoms with Crippen molar-refractivity contribution in [2.75, 3.05) is 18.4 Å². The summed E-state index contributed by atoms with van der Waals surface area (Å²) in [7, 11) is 0. The number of anilines is 1. The van der Waals surface area contributed by atoms with Crippen molar-refractivity contribution in [2.45, 2.75) is 12.8 Å². The minimum atomic E-state index is -0.251. The molecule has 5 nitrogen and oxygen atoms in total. The van der Waals surface area contributed by atoms with Crippen molar-refractivity contribution in [3.8, 4) is 11.3 Å². The standard InChI is InChI=1S/C23H21ClN2O3/c24-17-9-11-18(12-10-17)25-22(27)16-5-3-13-26(15-16)23(28)20-7-2-1-6-19(20)21-8-4-14-29-21/h1-2,4,6-12,14,16H,3,5,13,15H2,(H,25,27). The van der Waals surface area contributed by atoms with E-state index in [4.69, 9.17) is 16.0 Å². The van der Waals surface area contributed by atoms with Crippen LogP contribution in [0, 0.1) is 5.92 Å². The number of carbonyl (C=O) groups excluding carboxylic acids is 2. The van der Waals surface area contributed by atoms with Gasteiger partial charge < -0.3 is 14.6 Å². The number of rotatable bonds is 4. The number of piperidine rings is 1. The monoisotopic (exact) mass is 408 g/mol. The fraction of sp³-hybridized carbons (Fsp3) is 0.217. The van der Waals surface area contributed by atoms with Crippen molar-refractivity contribution in [1.29, 1.82) is 0 Å². The lowest BCUT2D eigenvalue weighted by molar-refractivity contribution is -0.121. The first-order valence-corrected chi connectivity index (χ1v) is 9.98. The molecule has 1 atom stereocenters. The van der Waals surface area contributed by atoms with Gasteiger partial charge in [0.1, 0.15) is 5.76 Å². The second-order valence-corrected chi connectivity index (χ2v) is 7.55. The van der Waals surface area contributed by atoms with Gasteiger partial charge in [-0.2, -0.15) is 0 Å². The van der Waals surface area contributed by atoms with Gasteiger partial charge in [-0.3, -0.25) is 9.59 Å². The van der Waals surface area contributed by atoms with Crippen LogP contribution in [-0.4, -0.2) is 29.8 Å². The second-order valence-electron chi connectivity index (χ2n) is 7.11. The molecule has 0 aliphatic carbocycles. The average Bonchev–Trinajstić information content (AvgIpc) is 3.30. The van der Waals surface area contributed by atoms with E-state index in [-0.39, 0.29) is 17.7 Å². The zero-order chi connectivity index (χ0) is 20.2. The van der Waals surface area contributed by atoms with E-state index in [1.54, 1.807) is 47.6 Å². The molecule has 1 fully saturated rings. The van der Waals surface area contributed by atoms with E-state index >= 15 is 0 Å². The van der Waals surface area contributed by atoms with E-state index < -0.39 is 0 Å². The molecule has 148 valence electrons. The van der Waals surface area contributed by atoms with Crippen molar-refractivity contribution in [2.24, 2.45) is 5.92 Å². The van der Waals surface area contributed by atoms with Gasteiger partial charge in [-0.25, -0.2) is 0 Å². The first kappa shape index (κ1) is 19.3. The zero-order valence-electron chi connectivity index (χ0n) is 15.8. The Labute approximate surface area is 174 Å². The summed E-state index contributed by atoms with van der Waals surface area (Å²) < 4.78 is 5.49. The number of carbonyl (C=O) groups is 2. The molecule has 4 rings (SSSR count). The predicted molar refractivity (Wildman–Crippen MR) is 113 cm³/mol. The summed E-state index contributed by atoms with van der Waals surface area (Å²) in [5.74, 6) is 0.243. The Hall–Kier alpha value is -3.05. The maximum atomic E-state index is 13.2. The van der Waals surface area contributed by atoms with Crippen LogP contribution in [0.3, 0.4) is 0 Å². The lowest BCUT2D eigenvalue weighted by Crippen LogP contribution is -2.43. The van der Waals surface area contributed by atoms with Gasteiger partial charge in [0, 0.05) is 29.4 Å². The maximum absolute atomic E-state index is 13.2. The quantitative estimate of drug-likeness (QED) is 0.653. The number of furan rings is 1. The van der Waals surface area contributed by atoms with Crippen LogP contribution in [0.15, 0.2) is 71.3 Å². The van der Waals surface area contributed by atoms with Crippen LogP contribution in [0.2, 0.25) is 5.02 Å². The van der Waals surface area contributed by atoms with Gasteiger partial charge in [0.25, 0.3) is 5.91 Å². The van der Waals surface area contributed by atoms with Crippen LogP contribution in [0.4, 0.5) is 5.69 Å². The smallest absolute Gasteiger partial charge is 0.254 e. The molecule has 0 radical (unpaired) electrons. The van der Waals surface area contributed by atoms with Gasteiger partial charge >= 0.3 is 0 Å². The summed E-state index contributed by atoms with van der Waals surface area (Å²) in [6.07, 6.45) is 3.13. The Kier molecular flexibility index (Phi) is 5.67. The largest absolute Gasteiger partial charge is 0.464 e. The van der Waals surface area contributed by atoms with Crippen molar-refractivity contribution in [1.82, 2.24) is 4.90 Å². The topological polar surface area (TPSA) is 62.6 Å². The molecule has 0 spiro atoms. The molecule has 2 heterocycles. The fourth-order valence-electron chi connectivity index (χ4n) is 3.64. The average molecular weight is 409 g/mol. The summed E-state index contributed by atoms with van der Waals surface area (Å²) in [6, 6.07) is 18.1. The highest BCUT2D eigenvalue weighted by atomic mass is 35.5. The zero-order valence-corrected chi connectivity index (χ0v) is 16.6. The number of likely N-dealkylation sites (tertiary alicyclic amines) is 1. The van der Waals surface area contributed by atoms with Gasteiger partial charge in [0.15, 0.2) is 0 Å². The van der Waals surface area contributed by atoms with Gasteiger partial charge in [-0.15, -0.1) is 0 Å². The molecule has 6 heteroatoms. The molecule has 1 aliphatic rings. The molecule has 2 aromatic carbocycles. The van der Waals surface area contributed by atoms with E-state index in [2.05, 4.69) is 5.32 Å². The van der Waals surface area contributed by atoms with Gasteiger partial charge in [-0.05, 0) is 55.3 Å². The highest BCUT2D eigenvalue weighted by molar-refractivity contribution is 6.30. The second kappa shape index (κ2) is 8.53. The molecular weight excluding hydrogens is 388 g/mol. The summed E-state index contributed by atoms with van der Waals surface area (Å²) >= 11 is 5.90. The highest BCUT2D eigenvalue weighted by Gasteiger charge is 2.30. The molecule has 1 unspecified atom stereocenters. The van der Waals surface area contributed by atoms with E-state index in [0.29, 0.717) is 35.1 Å². The minimum absolute atomic E-state index is 0.0795. The first-order chi connectivity index (χ1) is 14.1. The number of hydrogen-bond acceptors (Lipinski definition) is 3. The summed E-state index contributed by atoms with van der Waals surface area (Å²) in [4.78, 5) is 27.7. The molecule has 0 bridgehead atoms. The third-order valence-corrected chi connectivity index (χ3v) is 5.39. The van der Waals surface area contributed by atoms with Crippen molar-refractivity contribution in [3.63, 3.8) is 0 Å². The molecule has 2 amide bonds. The van der Waals surface area contributed by atoms with Gasteiger partial charge in [0.2, 0.25) is 5.91 Å². The Bertz CT molecular complexity index is 999. The van der Waals surface area contributed by atoms with Crippen LogP contribution >= 0.6 is 11.6 Å². The van der Waals surface area contributed by atoms with Crippen molar-refractivity contribution < 1.29 is 14.0 Å². The van der Waals surface area contributed by atoms with E-state index in [0.717, 1.165) is 18.4 Å². The molecule has 29 heavy (non-hydrogen) atoms. The molecule has 0 saturated carbocycles. The van der Waals surface area contributed by atoms with E-state index in [1.807, 2.05) is 24.3 Å². The molecule has 1 aliphatic heterocycles. The maximum Gasteiger partial charge on any atom is 0.254 e. The lowest BCUT2D eigenvalue weighted by Gasteiger charge is -2.32.